The first-order chi connectivity index (χ1) is 7.20. The van der Waals surface area contributed by atoms with Gasteiger partial charge in [-0.05, 0) is 30.4 Å². The van der Waals surface area contributed by atoms with Gasteiger partial charge in [0.1, 0.15) is 6.54 Å². The number of esters is 1. The van der Waals surface area contributed by atoms with Crippen LogP contribution in [-0.4, -0.2) is 22.8 Å². The number of aliphatic hydroxyl groups excluding tert-OH is 1. The number of nitrogens with zero attached hydrogens (tertiary/aromatic N) is 1. The quantitative estimate of drug-likeness (QED) is 0.755. The summed E-state index contributed by atoms with van der Waals surface area (Å²) in [6.07, 6.45) is 5.42. The van der Waals surface area contributed by atoms with E-state index >= 15 is 0 Å². The van der Waals surface area contributed by atoms with Crippen molar-refractivity contribution in [1.29, 1.82) is 0 Å². The zero-order valence-corrected chi connectivity index (χ0v) is 8.72. The zero-order valence-electron chi connectivity index (χ0n) is 8.72. The van der Waals surface area contributed by atoms with Crippen molar-refractivity contribution in [3.63, 3.8) is 0 Å². The first kappa shape index (κ1) is 10.2. The largest absolute Gasteiger partial charge is 0.468 e. The molecule has 0 aliphatic heterocycles. The maximum absolute atomic E-state index is 11.0. The molecule has 1 aliphatic carbocycles. The van der Waals surface area contributed by atoms with Crippen LogP contribution < -0.4 is 0 Å². The van der Waals surface area contributed by atoms with E-state index in [1.165, 1.54) is 7.11 Å². The van der Waals surface area contributed by atoms with Crippen LogP contribution in [0.3, 0.4) is 0 Å². The number of rotatable bonds is 4. The van der Waals surface area contributed by atoms with Gasteiger partial charge in [-0.15, -0.1) is 0 Å². The monoisotopic (exact) mass is 209 g/mol. The van der Waals surface area contributed by atoms with Crippen LogP contribution in [0.5, 0.6) is 0 Å². The van der Waals surface area contributed by atoms with Gasteiger partial charge in [-0.1, -0.05) is 0 Å². The molecule has 1 aromatic rings. The van der Waals surface area contributed by atoms with Gasteiger partial charge >= 0.3 is 5.97 Å². The summed E-state index contributed by atoms with van der Waals surface area (Å²) in [4.78, 5) is 11.0. The van der Waals surface area contributed by atoms with Gasteiger partial charge in [0.15, 0.2) is 0 Å². The van der Waals surface area contributed by atoms with Gasteiger partial charge in [0, 0.05) is 12.4 Å². The fourth-order valence-electron chi connectivity index (χ4n) is 1.63. The van der Waals surface area contributed by atoms with Crippen molar-refractivity contribution in [2.75, 3.05) is 7.11 Å². The molecule has 1 N–H and O–H groups in total. The Hall–Kier alpha value is -1.29. The lowest BCUT2D eigenvalue weighted by molar-refractivity contribution is -0.141. The molecule has 4 heteroatoms. The van der Waals surface area contributed by atoms with E-state index in [0.717, 1.165) is 18.4 Å². The van der Waals surface area contributed by atoms with Crippen molar-refractivity contribution < 1.29 is 14.6 Å². The van der Waals surface area contributed by atoms with E-state index in [-0.39, 0.29) is 18.6 Å². The van der Waals surface area contributed by atoms with E-state index in [4.69, 9.17) is 0 Å². The Bertz CT molecular complexity index is 354. The van der Waals surface area contributed by atoms with E-state index in [9.17, 15) is 9.90 Å². The molecular formula is C11H15NO3. The lowest BCUT2D eigenvalue weighted by Crippen LogP contribution is -2.09. The minimum Gasteiger partial charge on any atom is -0.468 e. The highest BCUT2D eigenvalue weighted by Gasteiger charge is 2.31. The fourth-order valence-corrected chi connectivity index (χ4v) is 1.63. The second-order valence-electron chi connectivity index (χ2n) is 3.98. The van der Waals surface area contributed by atoms with Gasteiger partial charge in [0.2, 0.25) is 0 Å². The van der Waals surface area contributed by atoms with Crippen LogP contribution in [-0.2, 0) is 16.1 Å². The average molecular weight is 209 g/mol. The third kappa shape index (κ3) is 2.39. The van der Waals surface area contributed by atoms with Gasteiger partial charge in [-0.3, -0.25) is 4.79 Å². The van der Waals surface area contributed by atoms with Crippen molar-refractivity contribution in [3.8, 4) is 0 Å². The van der Waals surface area contributed by atoms with Crippen LogP contribution in [0.25, 0.3) is 0 Å². The molecular weight excluding hydrogens is 194 g/mol. The molecule has 1 unspecified atom stereocenters. The molecule has 1 aromatic heterocycles. The number of carbonyl (C=O) groups excluding carboxylic acids is 1. The van der Waals surface area contributed by atoms with Crippen LogP contribution in [0.4, 0.5) is 0 Å². The van der Waals surface area contributed by atoms with Crippen molar-refractivity contribution in [3.05, 3.63) is 24.0 Å². The third-order valence-electron chi connectivity index (χ3n) is 2.72. The molecule has 0 amide bonds. The zero-order chi connectivity index (χ0) is 10.8. The molecule has 1 heterocycles. The molecule has 1 aliphatic rings. The molecule has 0 saturated heterocycles. The standard InChI is InChI=1S/C11H15NO3/c1-15-10(13)7-12-5-4-9(6-12)11(14)8-2-3-8/h4-6,8,11,14H,2-3,7H2,1H3. The van der Waals surface area contributed by atoms with Crippen LogP contribution in [0.2, 0.25) is 0 Å². The molecule has 15 heavy (non-hydrogen) atoms. The number of ether oxygens (including phenoxy) is 1. The summed E-state index contributed by atoms with van der Waals surface area (Å²) >= 11 is 0. The normalized spacial score (nSPS) is 17.5. The Labute approximate surface area is 88.5 Å². The molecule has 0 aromatic carbocycles. The van der Waals surface area contributed by atoms with E-state index in [1.807, 2.05) is 6.07 Å². The number of hydrogen-bond acceptors (Lipinski definition) is 3. The number of aromatic nitrogens is 1. The highest BCUT2D eigenvalue weighted by molar-refractivity contribution is 5.68. The van der Waals surface area contributed by atoms with Gasteiger partial charge in [-0.2, -0.15) is 0 Å². The van der Waals surface area contributed by atoms with Crippen LogP contribution in [0.1, 0.15) is 24.5 Å². The molecule has 1 fully saturated rings. The predicted octanol–water partition coefficient (Wildman–Crippen LogP) is 1.10. The highest BCUT2D eigenvalue weighted by Crippen LogP contribution is 2.40. The second-order valence-corrected chi connectivity index (χ2v) is 3.98. The first-order valence-electron chi connectivity index (χ1n) is 5.11. The van der Waals surface area contributed by atoms with Gasteiger partial charge in [0.05, 0.1) is 13.2 Å². The topological polar surface area (TPSA) is 51.5 Å². The summed E-state index contributed by atoms with van der Waals surface area (Å²) < 4.78 is 6.29. The maximum atomic E-state index is 11.0. The highest BCUT2D eigenvalue weighted by atomic mass is 16.5. The summed E-state index contributed by atoms with van der Waals surface area (Å²) in [5, 5.41) is 9.84. The van der Waals surface area contributed by atoms with E-state index in [1.54, 1.807) is 17.0 Å². The third-order valence-corrected chi connectivity index (χ3v) is 2.72. The van der Waals surface area contributed by atoms with Gasteiger partial charge in [0.25, 0.3) is 0 Å². The Balaban J connectivity index is 1.99. The molecule has 0 radical (unpaired) electrons. The SMILES string of the molecule is COC(=O)Cn1ccc(C(O)C2CC2)c1. The average Bonchev–Trinajstić information content (AvgIpc) is 2.98. The summed E-state index contributed by atoms with van der Waals surface area (Å²) in [7, 11) is 1.37. The molecule has 1 saturated carbocycles. The van der Waals surface area contributed by atoms with E-state index in [0.29, 0.717) is 5.92 Å². The predicted molar refractivity (Wildman–Crippen MR) is 54.1 cm³/mol. The molecule has 0 spiro atoms. The Morgan fingerprint density at radius 1 is 1.73 bits per heavy atom. The number of carbonyl (C=O) groups is 1. The summed E-state index contributed by atoms with van der Waals surface area (Å²) in [6.45, 7) is 0.202. The van der Waals surface area contributed by atoms with Gasteiger partial charge in [-0.25, -0.2) is 0 Å². The minimum absolute atomic E-state index is 0.202. The summed E-state index contributed by atoms with van der Waals surface area (Å²) in [6, 6.07) is 1.85. The van der Waals surface area contributed by atoms with Crippen molar-refractivity contribution in [2.45, 2.75) is 25.5 Å². The second kappa shape index (κ2) is 4.06. The van der Waals surface area contributed by atoms with Gasteiger partial charge < -0.3 is 14.4 Å². The summed E-state index contributed by atoms with van der Waals surface area (Å²) in [5.41, 5.74) is 0.890. The molecule has 82 valence electrons. The minimum atomic E-state index is -0.371. The van der Waals surface area contributed by atoms with Crippen molar-refractivity contribution >= 4 is 5.97 Å². The molecule has 1 atom stereocenters. The maximum Gasteiger partial charge on any atom is 0.325 e. The number of hydrogen-bond donors (Lipinski definition) is 1. The lowest BCUT2D eigenvalue weighted by atomic mass is 10.1. The first-order valence-corrected chi connectivity index (χ1v) is 5.11. The Morgan fingerprint density at radius 2 is 2.47 bits per heavy atom. The molecule has 4 nitrogen and oxygen atoms in total. The molecule has 2 rings (SSSR count). The number of aliphatic hydroxyl groups is 1. The summed E-state index contributed by atoms with van der Waals surface area (Å²) in [5.74, 6) is 0.136. The molecule has 0 bridgehead atoms. The van der Waals surface area contributed by atoms with Crippen LogP contribution in [0.15, 0.2) is 18.5 Å². The van der Waals surface area contributed by atoms with E-state index in [2.05, 4.69) is 4.74 Å². The number of methoxy groups -OCH3 is 1. The van der Waals surface area contributed by atoms with Crippen LogP contribution >= 0.6 is 0 Å². The Morgan fingerprint density at radius 3 is 3.07 bits per heavy atom. The van der Waals surface area contributed by atoms with Crippen molar-refractivity contribution in [1.82, 2.24) is 4.57 Å². The smallest absolute Gasteiger partial charge is 0.325 e. The lowest BCUT2D eigenvalue weighted by Gasteiger charge is -2.05. The van der Waals surface area contributed by atoms with Crippen LogP contribution in [0, 0.1) is 5.92 Å². The Kier molecular flexibility index (Phi) is 2.77. The van der Waals surface area contributed by atoms with E-state index < -0.39 is 0 Å². The fraction of sp³-hybridized carbons (Fsp3) is 0.545. The van der Waals surface area contributed by atoms with Crippen molar-refractivity contribution in [2.24, 2.45) is 5.92 Å².